The molecule has 0 N–H and O–H groups in total. The normalized spacial score (nSPS) is 18.8. The second-order valence-electron chi connectivity index (χ2n) is 4.90. The van der Waals surface area contributed by atoms with Crippen LogP contribution in [-0.4, -0.2) is 33.2 Å². The third-order valence-electron chi connectivity index (χ3n) is 3.31. The van der Waals surface area contributed by atoms with E-state index < -0.39 is 0 Å². The number of methoxy groups -OCH3 is 1. The summed E-state index contributed by atoms with van der Waals surface area (Å²) in [6.45, 7) is 2.29. The van der Waals surface area contributed by atoms with Gasteiger partial charge in [-0.05, 0) is 56.4 Å². The Morgan fingerprint density at radius 1 is 1.05 bits per heavy atom. The van der Waals surface area contributed by atoms with Gasteiger partial charge in [-0.15, -0.1) is 0 Å². The van der Waals surface area contributed by atoms with E-state index in [0.717, 1.165) is 50.4 Å². The van der Waals surface area contributed by atoms with Crippen molar-refractivity contribution >= 4 is 0 Å². The summed E-state index contributed by atoms with van der Waals surface area (Å²) >= 11 is 0. The van der Waals surface area contributed by atoms with Gasteiger partial charge < -0.3 is 18.9 Å². The molecule has 1 aliphatic heterocycles. The molecule has 1 atom stereocenters. The quantitative estimate of drug-likeness (QED) is 0.684. The van der Waals surface area contributed by atoms with Crippen LogP contribution in [0.25, 0.3) is 0 Å². The maximum absolute atomic E-state index is 5.67. The van der Waals surface area contributed by atoms with Crippen LogP contribution in [0.5, 0.6) is 11.5 Å². The zero-order chi connectivity index (χ0) is 14.0. The molecule has 4 nitrogen and oxygen atoms in total. The molecule has 0 spiro atoms. The maximum Gasteiger partial charge on any atom is 0.157 e. The fraction of sp³-hybridized carbons (Fsp3) is 0.625. The van der Waals surface area contributed by atoms with Crippen LogP contribution in [0.1, 0.15) is 32.1 Å². The Hall–Kier alpha value is -1.26. The van der Waals surface area contributed by atoms with Crippen molar-refractivity contribution in [3.8, 4) is 11.5 Å². The van der Waals surface area contributed by atoms with Crippen molar-refractivity contribution in [2.24, 2.45) is 0 Å². The predicted octanol–water partition coefficient (Wildman–Crippen LogP) is 3.40. The Labute approximate surface area is 121 Å². The summed E-state index contributed by atoms with van der Waals surface area (Å²) in [4.78, 5) is 0. The van der Waals surface area contributed by atoms with Gasteiger partial charge in [0.1, 0.15) is 11.5 Å². The molecule has 0 saturated carbocycles. The lowest BCUT2D eigenvalue weighted by Crippen LogP contribution is -2.22. The van der Waals surface area contributed by atoms with Crippen LogP contribution in [0.2, 0.25) is 0 Å². The minimum Gasteiger partial charge on any atom is -0.497 e. The van der Waals surface area contributed by atoms with Gasteiger partial charge in [0, 0.05) is 13.2 Å². The van der Waals surface area contributed by atoms with E-state index in [4.69, 9.17) is 18.9 Å². The summed E-state index contributed by atoms with van der Waals surface area (Å²) in [6.07, 6.45) is 5.41. The first-order chi connectivity index (χ1) is 9.88. The molecule has 4 heteroatoms. The molecule has 0 bridgehead atoms. The van der Waals surface area contributed by atoms with Crippen molar-refractivity contribution < 1.29 is 18.9 Å². The van der Waals surface area contributed by atoms with Crippen LogP contribution >= 0.6 is 0 Å². The van der Waals surface area contributed by atoms with Gasteiger partial charge >= 0.3 is 0 Å². The van der Waals surface area contributed by atoms with Gasteiger partial charge in [-0.2, -0.15) is 0 Å². The minimum atomic E-state index is 0.0197. The molecular weight excluding hydrogens is 256 g/mol. The van der Waals surface area contributed by atoms with Crippen LogP contribution in [0, 0.1) is 0 Å². The average Bonchev–Trinajstić information content (AvgIpc) is 2.52. The highest BCUT2D eigenvalue weighted by Crippen LogP contribution is 2.17. The van der Waals surface area contributed by atoms with Crippen LogP contribution in [0.15, 0.2) is 24.3 Å². The molecule has 112 valence electrons. The SMILES string of the molecule is COc1ccc(OCCCCOC2CCCCO2)cc1. The van der Waals surface area contributed by atoms with Crippen LogP contribution < -0.4 is 9.47 Å². The van der Waals surface area contributed by atoms with E-state index in [0.29, 0.717) is 6.61 Å². The van der Waals surface area contributed by atoms with Gasteiger partial charge in [-0.25, -0.2) is 0 Å². The smallest absolute Gasteiger partial charge is 0.157 e. The zero-order valence-corrected chi connectivity index (χ0v) is 12.2. The van der Waals surface area contributed by atoms with Gasteiger partial charge in [0.25, 0.3) is 0 Å². The van der Waals surface area contributed by atoms with Crippen LogP contribution in [0.4, 0.5) is 0 Å². The molecule has 2 rings (SSSR count). The Balaban J connectivity index is 1.50. The van der Waals surface area contributed by atoms with E-state index in [9.17, 15) is 0 Å². The number of benzene rings is 1. The molecule has 0 amide bonds. The molecule has 1 unspecified atom stereocenters. The topological polar surface area (TPSA) is 36.9 Å². The molecule has 1 saturated heterocycles. The molecule has 1 aromatic carbocycles. The van der Waals surface area contributed by atoms with E-state index in [-0.39, 0.29) is 6.29 Å². The van der Waals surface area contributed by atoms with E-state index in [2.05, 4.69) is 0 Å². The minimum absolute atomic E-state index is 0.0197. The molecule has 1 aliphatic rings. The molecule has 1 heterocycles. The molecular formula is C16H24O4. The van der Waals surface area contributed by atoms with E-state index >= 15 is 0 Å². The fourth-order valence-corrected chi connectivity index (χ4v) is 2.12. The first kappa shape index (κ1) is 15.1. The Bertz CT molecular complexity index is 357. The fourth-order valence-electron chi connectivity index (χ4n) is 2.12. The zero-order valence-electron chi connectivity index (χ0n) is 12.2. The molecule has 0 aliphatic carbocycles. The molecule has 20 heavy (non-hydrogen) atoms. The Morgan fingerprint density at radius 3 is 2.50 bits per heavy atom. The number of unbranched alkanes of at least 4 members (excludes halogenated alkanes) is 1. The van der Waals surface area contributed by atoms with Crippen LogP contribution in [0.3, 0.4) is 0 Å². The van der Waals surface area contributed by atoms with Crippen molar-refractivity contribution in [1.29, 1.82) is 0 Å². The largest absolute Gasteiger partial charge is 0.497 e. The Morgan fingerprint density at radius 2 is 1.80 bits per heavy atom. The average molecular weight is 280 g/mol. The second kappa shape index (κ2) is 8.82. The van der Waals surface area contributed by atoms with Gasteiger partial charge in [0.05, 0.1) is 13.7 Å². The third kappa shape index (κ3) is 5.39. The van der Waals surface area contributed by atoms with Gasteiger partial charge in [0.15, 0.2) is 6.29 Å². The second-order valence-corrected chi connectivity index (χ2v) is 4.90. The molecule has 1 aromatic rings. The van der Waals surface area contributed by atoms with Gasteiger partial charge in [-0.3, -0.25) is 0 Å². The summed E-state index contributed by atoms with van der Waals surface area (Å²) in [7, 11) is 1.66. The number of hydrogen-bond acceptors (Lipinski definition) is 4. The van der Waals surface area contributed by atoms with Gasteiger partial charge in [-0.1, -0.05) is 0 Å². The lowest BCUT2D eigenvalue weighted by atomic mass is 10.2. The van der Waals surface area contributed by atoms with Crippen molar-refractivity contribution in [1.82, 2.24) is 0 Å². The van der Waals surface area contributed by atoms with Crippen LogP contribution in [-0.2, 0) is 9.47 Å². The summed E-state index contributed by atoms with van der Waals surface area (Å²) in [6, 6.07) is 7.65. The van der Waals surface area contributed by atoms with Gasteiger partial charge in [0.2, 0.25) is 0 Å². The summed E-state index contributed by atoms with van der Waals surface area (Å²) < 4.78 is 21.9. The van der Waals surface area contributed by atoms with E-state index in [1.807, 2.05) is 24.3 Å². The van der Waals surface area contributed by atoms with Crippen molar-refractivity contribution in [2.75, 3.05) is 26.9 Å². The predicted molar refractivity (Wildman–Crippen MR) is 77.3 cm³/mol. The highest BCUT2D eigenvalue weighted by Gasteiger charge is 2.13. The standard InChI is InChI=1S/C16H24O4/c1-17-14-7-9-15(10-8-14)18-11-4-5-13-20-16-6-2-3-12-19-16/h7-10,16H,2-6,11-13H2,1H3. The number of hydrogen-bond donors (Lipinski definition) is 0. The van der Waals surface area contributed by atoms with Crippen molar-refractivity contribution in [2.45, 2.75) is 38.4 Å². The third-order valence-corrected chi connectivity index (χ3v) is 3.31. The molecule has 0 radical (unpaired) electrons. The van der Waals surface area contributed by atoms with E-state index in [1.54, 1.807) is 7.11 Å². The summed E-state index contributed by atoms with van der Waals surface area (Å²) in [5.41, 5.74) is 0. The highest BCUT2D eigenvalue weighted by molar-refractivity contribution is 5.31. The molecule has 0 aromatic heterocycles. The summed E-state index contributed by atoms with van der Waals surface area (Å²) in [5.74, 6) is 1.72. The van der Waals surface area contributed by atoms with E-state index in [1.165, 1.54) is 6.42 Å². The maximum atomic E-state index is 5.67. The Kier molecular flexibility index (Phi) is 6.68. The lowest BCUT2D eigenvalue weighted by molar-refractivity contribution is -0.162. The monoisotopic (exact) mass is 280 g/mol. The van der Waals surface area contributed by atoms with Crippen molar-refractivity contribution in [3.05, 3.63) is 24.3 Å². The first-order valence-electron chi connectivity index (χ1n) is 7.38. The summed E-state index contributed by atoms with van der Waals surface area (Å²) in [5, 5.41) is 0. The lowest BCUT2D eigenvalue weighted by Gasteiger charge is -2.22. The highest BCUT2D eigenvalue weighted by atomic mass is 16.7. The number of rotatable bonds is 8. The van der Waals surface area contributed by atoms with Crippen molar-refractivity contribution in [3.63, 3.8) is 0 Å². The first-order valence-corrected chi connectivity index (χ1v) is 7.38. The molecule has 1 fully saturated rings. The number of ether oxygens (including phenoxy) is 4.